The van der Waals surface area contributed by atoms with Crippen molar-refractivity contribution in [1.29, 1.82) is 0 Å². The van der Waals surface area contributed by atoms with Gasteiger partial charge in [0.2, 0.25) is 0 Å². The van der Waals surface area contributed by atoms with Crippen molar-refractivity contribution in [3.63, 3.8) is 0 Å². The smallest absolute Gasteiger partial charge is 0.123 e. The summed E-state index contributed by atoms with van der Waals surface area (Å²) >= 11 is 1.95. The van der Waals surface area contributed by atoms with Crippen LogP contribution in [-0.4, -0.2) is 15.7 Å². The molecule has 0 amide bonds. The zero-order valence-electron chi connectivity index (χ0n) is 17.1. The highest BCUT2D eigenvalue weighted by Crippen LogP contribution is 2.44. The van der Waals surface area contributed by atoms with Gasteiger partial charge >= 0.3 is 0 Å². The van der Waals surface area contributed by atoms with E-state index in [2.05, 4.69) is 48.1 Å². The second-order valence-electron chi connectivity index (χ2n) is 8.41. The standard InChI is InChI=1S/C26H23FN2S/c1-26(2)11-14-30-24-8-5-19(15-22(24)26)23-16-21(17-9-12-28-13-10-17)25(29-23)18-3-6-20(27)7-4-18/h3-10,12-13,15-16,29H,11,14H2,1-2H3. The Morgan fingerprint density at radius 3 is 2.40 bits per heavy atom. The van der Waals surface area contributed by atoms with Crippen LogP contribution >= 0.6 is 11.8 Å². The summed E-state index contributed by atoms with van der Waals surface area (Å²) in [5.41, 5.74) is 7.96. The van der Waals surface area contributed by atoms with Crippen LogP contribution < -0.4 is 0 Å². The van der Waals surface area contributed by atoms with Crippen LogP contribution in [-0.2, 0) is 5.41 Å². The van der Waals surface area contributed by atoms with Crippen LogP contribution in [0.4, 0.5) is 4.39 Å². The predicted molar refractivity (Wildman–Crippen MR) is 123 cm³/mol. The number of halogens is 1. The molecule has 0 radical (unpaired) electrons. The van der Waals surface area contributed by atoms with E-state index >= 15 is 0 Å². The van der Waals surface area contributed by atoms with E-state index in [0.29, 0.717) is 0 Å². The molecule has 30 heavy (non-hydrogen) atoms. The van der Waals surface area contributed by atoms with Gasteiger partial charge in [-0.1, -0.05) is 19.9 Å². The van der Waals surface area contributed by atoms with E-state index in [1.807, 2.05) is 36.0 Å². The van der Waals surface area contributed by atoms with Gasteiger partial charge in [-0.15, -0.1) is 11.8 Å². The van der Waals surface area contributed by atoms with Crippen molar-refractivity contribution < 1.29 is 4.39 Å². The van der Waals surface area contributed by atoms with Gasteiger partial charge in [0.1, 0.15) is 5.82 Å². The molecule has 0 saturated carbocycles. The number of H-pyrrole nitrogens is 1. The maximum absolute atomic E-state index is 13.5. The molecule has 0 unspecified atom stereocenters. The molecule has 0 fully saturated rings. The van der Waals surface area contributed by atoms with Gasteiger partial charge in [0.25, 0.3) is 0 Å². The topological polar surface area (TPSA) is 28.7 Å². The number of aromatic amines is 1. The van der Waals surface area contributed by atoms with E-state index in [0.717, 1.165) is 28.1 Å². The fraction of sp³-hybridized carbons (Fsp3) is 0.192. The number of nitrogens with one attached hydrogen (secondary N) is 1. The lowest BCUT2D eigenvalue weighted by atomic mass is 9.81. The van der Waals surface area contributed by atoms with Crippen LogP contribution in [0.3, 0.4) is 0 Å². The molecular weight excluding hydrogens is 391 g/mol. The van der Waals surface area contributed by atoms with E-state index in [9.17, 15) is 4.39 Å². The van der Waals surface area contributed by atoms with Gasteiger partial charge in [-0.05, 0) is 94.4 Å². The van der Waals surface area contributed by atoms with Crippen LogP contribution in [0, 0.1) is 5.82 Å². The lowest BCUT2D eigenvalue weighted by Gasteiger charge is -2.32. The van der Waals surface area contributed by atoms with Crippen molar-refractivity contribution in [2.45, 2.75) is 30.6 Å². The van der Waals surface area contributed by atoms with Crippen LogP contribution in [0.25, 0.3) is 33.6 Å². The minimum atomic E-state index is -0.231. The lowest BCUT2D eigenvalue weighted by Crippen LogP contribution is -2.22. The van der Waals surface area contributed by atoms with Crippen LogP contribution in [0.1, 0.15) is 25.8 Å². The molecular formula is C26H23FN2S. The highest BCUT2D eigenvalue weighted by Gasteiger charge is 2.28. The Labute approximate surface area is 180 Å². The molecule has 0 aliphatic carbocycles. The van der Waals surface area contributed by atoms with E-state index in [-0.39, 0.29) is 11.2 Å². The summed E-state index contributed by atoms with van der Waals surface area (Å²) < 4.78 is 13.5. The highest BCUT2D eigenvalue weighted by atomic mass is 32.2. The monoisotopic (exact) mass is 414 g/mol. The normalized spacial score (nSPS) is 15.0. The molecule has 2 nitrogen and oxygen atoms in total. The van der Waals surface area contributed by atoms with Gasteiger partial charge in [-0.3, -0.25) is 4.98 Å². The van der Waals surface area contributed by atoms with E-state index in [1.54, 1.807) is 12.4 Å². The largest absolute Gasteiger partial charge is 0.354 e. The first-order valence-electron chi connectivity index (χ1n) is 10.2. The van der Waals surface area contributed by atoms with Crippen LogP contribution in [0.15, 0.2) is 78.0 Å². The minimum Gasteiger partial charge on any atom is -0.354 e. The maximum Gasteiger partial charge on any atom is 0.123 e. The number of rotatable bonds is 3. The van der Waals surface area contributed by atoms with Crippen LogP contribution in [0.5, 0.6) is 0 Å². The second kappa shape index (κ2) is 7.44. The van der Waals surface area contributed by atoms with Gasteiger partial charge in [0, 0.05) is 28.5 Å². The van der Waals surface area contributed by atoms with Crippen molar-refractivity contribution in [1.82, 2.24) is 9.97 Å². The zero-order valence-corrected chi connectivity index (χ0v) is 17.9. The lowest BCUT2D eigenvalue weighted by molar-refractivity contribution is 0.494. The van der Waals surface area contributed by atoms with E-state index < -0.39 is 0 Å². The second-order valence-corrected chi connectivity index (χ2v) is 9.54. The average Bonchev–Trinajstić information content (AvgIpc) is 3.20. The Morgan fingerprint density at radius 1 is 0.900 bits per heavy atom. The SMILES string of the molecule is CC1(C)CCSc2ccc(-c3cc(-c4ccncc4)c(-c4ccc(F)cc4)[nH]3)cc21. The van der Waals surface area contributed by atoms with Crippen molar-refractivity contribution in [3.8, 4) is 33.6 Å². The number of pyridine rings is 1. The maximum atomic E-state index is 13.5. The fourth-order valence-electron chi connectivity index (χ4n) is 4.12. The molecule has 0 saturated heterocycles. The van der Waals surface area contributed by atoms with Gasteiger partial charge in [-0.25, -0.2) is 4.39 Å². The van der Waals surface area contributed by atoms with Crippen molar-refractivity contribution >= 4 is 11.8 Å². The molecule has 2 aromatic heterocycles. The number of fused-ring (bicyclic) bond motifs is 1. The summed E-state index contributed by atoms with van der Waals surface area (Å²) in [7, 11) is 0. The van der Waals surface area contributed by atoms with Gasteiger partial charge in [0.05, 0.1) is 5.69 Å². The molecule has 1 aliphatic rings. The Hall–Kier alpha value is -2.85. The number of hydrogen-bond acceptors (Lipinski definition) is 2. The van der Waals surface area contributed by atoms with Crippen molar-refractivity contribution in [3.05, 3.63) is 84.4 Å². The predicted octanol–water partition coefficient (Wildman–Crippen LogP) is 7.32. The Kier molecular flexibility index (Phi) is 4.75. The molecule has 150 valence electrons. The third-order valence-corrected chi connectivity index (χ3v) is 7.02. The first kappa shape index (κ1) is 19.1. The third-order valence-electron chi connectivity index (χ3n) is 5.95. The third kappa shape index (κ3) is 3.46. The number of benzene rings is 2. The molecule has 0 spiro atoms. The highest BCUT2D eigenvalue weighted by molar-refractivity contribution is 7.99. The van der Waals surface area contributed by atoms with Crippen molar-refractivity contribution in [2.75, 3.05) is 5.75 Å². The molecule has 0 atom stereocenters. The summed E-state index contributed by atoms with van der Waals surface area (Å²) in [5, 5.41) is 0. The summed E-state index contributed by atoms with van der Waals surface area (Å²) in [6, 6.07) is 19.6. The number of thioether (sulfide) groups is 1. The molecule has 1 aliphatic heterocycles. The minimum absolute atomic E-state index is 0.177. The summed E-state index contributed by atoms with van der Waals surface area (Å²) in [5.74, 6) is 0.938. The molecule has 3 heterocycles. The Morgan fingerprint density at radius 2 is 1.63 bits per heavy atom. The molecule has 4 heteroatoms. The van der Waals surface area contributed by atoms with E-state index in [4.69, 9.17) is 0 Å². The molecule has 2 aromatic carbocycles. The van der Waals surface area contributed by atoms with Crippen LogP contribution in [0.2, 0.25) is 0 Å². The summed E-state index contributed by atoms with van der Waals surface area (Å²) in [4.78, 5) is 9.15. The fourth-order valence-corrected chi connectivity index (χ4v) is 5.60. The molecule has 1 N–H and O–H groups in total. The number of hydrogen-bond donors (Lipinski definition) is 1. The zero-order chi connectivity index (χ0) is 20.7. The van der Waals surface area contributed by atoms with Gasteiger partial charge < -0.3 is 4.98 Å². The number of aromatic nitrogens is 2. The number of nitrogens with zero attached hydrogens (tertiary/aromatic N) is 1. The molecule has 5 rings (SSSR count). The van der Waals surface area contributed by atoms with E-state index in [1.165, 1.54) is 40.3 Å². The Bertz CT molecular complexity index is 1190. The molecule has 0 bridgehead atoms. The first-order chi connectivity index (χ1) is 14.5. The van der Waals surface area contributed by atoms with Gasteiger partial charge in [0.15, 0.2) is 0 Å². The molecule has 4 aromatic rings. The summed E-state index contributed by atoms with van der Waals surface area (Å²) in [6.45, 7) is 4.66. The summed E-state index contributed by atoms with van der Waals surface area (Å²) in [6.07, 6.45) is 4.78. The van der Waals surface area contributed by atoms with Gasteiger partial charge in [-0.2, -0.15) is 0 Å². The van der Waals surface area contributed by atoms with Crippen molar-refractivity contribution in [2.24, 2.45) is 0 Å². The average molecular weight is 415 g/mol. The quantitative estimate of drug-likeness (QED) is 0.380. The first-order valence-corrected chi connectivity index (χ1v) is 11.2. The Balaban J connectivity index is 1.66.